The van der Waals surface area contributed by atoms with Gasteiger partial charge < -0.3 is 19.8 Å². The Morgan fingerprint density at radius 2 is 2.30 bits per heavy atom. The molecule has 0 aliphatic carbocycles. The molecule has 0 radical (unpaired) electrons. The van der Waals surface area contributed by atoms with Crippen LogP contribution in [0.25, 0.3) is 0 Å². The van der Waals surface area contributed by atoms with Crippen LogP contribution in [-0.4, -0.2) is 53.5 Å². The van der Waals surface area contributed by atoms with Crippen molar-refractivity contribution in [3.63, 3.8) is 0 Å². The second-order valence-electron chi connectivity index (χ2n) is 5.50. The maximum atomic E-state index is 11.8. The lowest BCUT2D eigenvalue weighted by Crippen LogP contribution is -2.28. The van der Waals surface area contributed by atoms with Crippen molar-refractivity contribution < 1.29 is 24.7 Å². The van der Waals surface area contributed by atoms with E-state index in [1.54, 1.807) is 12.1 Å². The quantitative estimate of drug-likeness (QED) is 0.436. The average Bonchev–Trinajstić information content (AvgIpc) is 2.90. The summed E-state index contributed by atoms with van der Waals surface area (Å²) in [4.78, 5) is 23.9. The summed E-state index contributed by atoms with van der Waals surface area (Å²) in [6.07, 6.45) is -0.350. The highest BCUT2D eigenvalue weighted by Gasteiger charge is 2.36. The van der Waals surface area contributed by atoms with Gasteiger partial charge in [0.1, 0.15) is 11.8 Å². The van der Waals surface area contributed by atoms with E-state index in [4.69, 9.17) is 9.84 Å². The zero-order valence-corrected chi connectivity index (χ0v) is 12.8. The monoisotopic (exact) mass is 324 g/mol. The van der Waals surface area contributed by atoms with E-state index in [2.05, 4.69) is 0 Å². The Morgan fingerprint density at radius 3 is 2.91 bits per heavy atom. The van der Waals surface area contributed by atoms with Crippen LogP contribution in [0.2, 0.25) is 0 Å². The van der Waals surface area contributed by atoms with Crippen molar-refractivity contribution in [1.29, 1.82) is 0 Å². The van der Waals surface area contributed by atoms with E-state index >= 15 is 0 Å². The van der Waals surface area contributed by atoms with E-state index in [0.717, 1.165) is 5.56 Å². The molecule has 1 aliphatic rings. The van der Waals surface area contributed by atoms with Crippen LogP contribution in [0.3, 0.4) is 0 Å². The molecule has 1 heterocycles. The first-order chi connectivity index (χ1) is 11.0. The number of carbonyl (C=O) groups excluding carboxylic acids is 1. The third-order valence-corrected chi connectivity index (χ3v) is 3.87. The number of para-hydroxylation sites is 1. The van der Waals surface area contributed by atoms with Gasteiger partial charge in [0.25, 0.3) is 5.69 Å². The van der Waals surface area contributed by atoms with Crippen molar-refractivity contribution in [2.75, 3.05) is 31.3 Å². The Bertz CT molecular complexity index is 591. The minimum absolute atomic E-state index is 0.0292. The summed E-state index contributed by atoms with van der Waals surface area (Å²) < 4.78 is 5.29. The Kier molecular flexibility index (Phi) is 5.64. The molecule has 1 unspecified atom stereocenters. The number of fused-ring (bicyclic) bond motifs is 1. The predicted molar refractivity (Wildman–Crippen MR) is 82.4 cm³/mol. The molecule has 1 aromatic carbocycles. The normalized spacial score (nSPS) is 17.9. The molecule has 0 bridgehead atoms. The molecule has 126 valence electrons. The van der Waals surface area contributed by atoms with Crippen molar-refractivity contribution in [2.24, 2.45) is 0 Å². The molecule has 0 fully saturated rings. The SMILES string of the molecule is CC(=O)N1CC(CCOC[C@H](O)CO)c2cccc([N+](=O)[O-])c21. The molecule has 0 aromatic heterocycles. The number of carbonyl (C=O) groups is 1. The topological polar surface area (TPSA) is 113 Å². The molecular weight excluding hydrogens is 304 g/mol. The fraction of sp³-hybridized carbons (Fsp3) is 0.533. The fourth-order valence-electron chi connectivity index (χ4n) is 2.76. The van der Waals surface area contributed by atoms with Gasteiger partial charge in [-0.15, -0.1) is 0 Å². The zero-order chi connectivity index (χ0) is 17.0. The van der Waals surface area contributed by atoms with Gasteiger partial charge in [-0.25, -0.2) is 0 Å². The van der Waals surface area contributed by atoms with Crippen LogP contribution < -0.4 is 4.90 Å². The number of anilines is 1. The summed E-state index contributed by atoms with van der Waals surface area (Å²) in [7, 11) is 0. The van der Waals surface area contributed by atoms with Crippen LogP contribution >= 0.6 is 0 Å². The fourth-order valence-corrected chi connectivity index (χ4v) is 2.76. The van der Waals surface area contributed by atoms with Crippen LogP contribution in [0.4, 0.5) is 11.4 Å². The first kappa shape index (κ1) is 17.3. The number of benzene rings is 1. The van der Waals surface area contributed by atoms with Crippen molar-refractivity contribution in [1.82, 2.24) is 0 Å². The number of nitrogens with zero attached hydrogens (tertiary/aromatic N) is 2. The molecule has 0 spiro atoms. The number of hydrogen-bond acceptors (Lipinski definition) is 6. The van der Waals surface area contributed by atoms with Gasteiger partial charge in [-0.2, -0.15) is 0 Å². The number of nitro benzene ring substituents is 1. The number of rotatable bonds is 7. The highest BCUT2D eigenvalue weighted by atomic mass is 16.6. The zero-order valence-electron chi connectivity index (χ0n) is 12.8. The van der Waals surface area contributed by atoms with Gasteiger partial charge in [0.2, 0.25) is 5.91 Å². The first-order valence-electron chi connectivity index (χ1n) is 7.37. The molecular formula is C15H20N2O6. The molecule has 23 heavy (non-hydrogen) atoms. The van der Waals surface area contributed by atoms with Crippen LogP contribution in [0.5, 0.6) is 0 Å². The third kappa shape index (κ3) is 3.84. The number of amides is 1. The Labute approximate surface area is 133 Å². The van der Waals surface area contributed by atoms with Crippen LogP contribution in [0, 0.1) is 10.1 Å². The lowest BCUT2D eigenvalue weighted by Gasteiger charge is -2.15. The molecule has 1 aliphatic heterocycles. The van der Waals surface area contributed by atoms with Gasteiger partial charge in [-0.3, -0.25) is 14.9 Å². The summed E-state index contributed by atoms with van der Waals surface area (Å²) >= 11 is 0. The van der Waals surface area contributed by atoms with E-state index in [1.165, 1.54) is 17.9 Å². The van der Waals surface area contributed by atoms with Crippen LogP contribution in [0.15, 0.2) is 18.2 Å². The predicted octanol–water partition coefficient (Wildman–Crippen LogP) is 0.805. The standard InChI is InChI=1S/C15H20N2O6/c1-10(19)16-7-11(5-6-23-9-12(20)8-18)13-3-2-4-14(15(13)16)17(21)22/h2-4,11-12,18,20H,5-9H2,1H3/t11?,12-/m1/s1. The van der Waals surface area contributed by atoms with Gasteiger partial charge in [0.05, 0.1) is 18.1 Å². The minimum atomic E-state index is -0.916. The molecule has 1 aromatic rings. The summed E-state index contributed by atoms with van der Waals surface area (Å²) in [5.41, 5.74) is 1.06. The van der Waals surface area contributed by atoms with E-state index in [9.17, 15) is 20.0 Å². The maximum Gasteiger partial charge on any atom is 0.293 e. The summed E-state index contributed by atoms with van der Waals surface area (Å²) in [6, 6.07) is 4.80. The Hall–Kier alpha value is -2.03. The largest absolute Gasteiger partial charge is 0.394 e. The van der Waals surface area contributed by atoms with E-state index < -0.39 is 11.0 Å². The minimum Gasteiger partial charge on any atom is -0.394 e. The van der Waals surface area contributed by atoms with Crippen molar-refractivity contribution >= 4 is 17.3 Å². The molecule has 1 amide bonds. The van der Waals surface area contributed by atoms with Gasteiger partial charge in [0, 0.05) is 32.1 Å². The number of nitro groups is 1. The smallest absolute Gasteiger partial charge is 0.293 e. The summed E-state index contributed by atoms with van der Waals surface area (Å²) in [5.74, 6) is -0.292. The second-order valence-corrected chi connectivity index (χ2v) is 5.50. The highest BCUT2D eigenvalue weighted by Crippen LogP contribution is 2.43. The number of aliphatic hydroxyl groups is 2. The molecule has 2 atom stereocenters. The lowest BCUT2D eigenvalue weighted by atomic mass is 9.98. The molecule has 2 N–H and O–H groups in total. The Balaban J connectivity index is 2.12. The van der Waals surface area contributed by atoms with E-state index in [1.807, 2.05) is 0 Å². The molecule has 8 heteroatoms. The number of aliphatic hydroxyl groups excluding tert-OH is 2. The molecule has 2 rings (SSSR count). The Morgan fingerprint density at radius 1 is 1.57 bits per heavy atom. The van der Waals surface area contributed by atoms with Crippen LogP contribution in [-0.2, 0) is 9.53 Å². The van der Waals surface area contributed by atoms with Crippen molar-refractivity contribution in [3.05, 3.63) is 33.9 Å². The van der Waals surface area contributed by atoms with Crippen molar-refractivity contribution in [2.45, 2.75) is 25.4 Å². The van der Waals surface area contributed by atoms with Crippen LogP contribution in [0.1, 0.15) is 24.8 Å². The number of ether oxygens (including phenoxy) is 1. The highest BCUT2D eigenvalue weighted by molar-refractivity contribution is 5.97. The third-order valence-electron chi connectivity index (χ3n) is 3.87. The second kappa shape index (κ2) is 7.49. The molecule has 0 saturated carbocycles. The van der Waals surface area contributed by atoms with Gasteiger partial charge in [-0.1, -0.05) is 12.1 Å². The maximum absolute atomic E-state index is 11.8. The van der Waals surface area contributed by atoms with E-state index in [-0.39, 0.29) is 30.7 Å². The van der Waals surface area contributed by atoms with Gasteiger partial charge >= 0.3 is 0 Å². The van der Waals surface area contributed by atoms with Gasteiger partial charge in [-0.05, 0) is 12.0 Å². The lowest BCUT2D eigenvalue weighted by molar-refractivity contribution is -0.384. The summed E-state index contributed by atoms with van der Waals surface area (Å²) in [6.45, 7) is 1.76. The molecule has 8 nitrogen and oxygen atoms in total. The first-order valence-corrected chi connectivity index (χ1v) is 7.37. The van der Waals surface area contributed by atoms with E-state index in [0.29, 0.717) is 25.3 Å². The van der Waals surface area contributed by atoms with Gasteiger partial charge in [0.15, 0.2) is 0 Å². The number of hydrogen-bond donors (Lipinski definition) is 2. The summed E-state index contributed by atoms with van der Waals surface area (Å²) in [5, 5.41) is 29.1. The average molecular weight is 324 g/mol. The molecule has 0 saturated heterocycles. The van der Waals surface area contributed by atoms with Crippen molar-refractivity contribution in [3.8, 4) is 0 Å².